The Morgan fingerprint density at radius 1 is 1.50 bits per heavy atom. The molecule has 66 valence electrons. The van der Waals surface area contributed by atoms with E-state index < -0.39 is 23.8 Å². The van der Waals surface area contributed by atoms with Gasteiger partial charge in [0.1, 0.15) is 0 Å². The molecular formula is C4H2F3N3O2. The first-order valence-corrected chi connectivity index (χ1v) is 2.62. The van der Waals surface area contributed by atoms with Crippen molar-refractivity contribution in [1.29, 1.82) is 0 Å². The Kier molecular flexibility index (Phi) is 1.75. The quantitative estimate of drug-likeness (QED) is 0.670. The fraction of sp³-hybridized carbons (Fsp3) is 0.250. The number of alkyl halides is 3. The summed E-state index contributed by atoms with van der Waals surface area (Å²) in [6, 6.07) is 0. The highest BCUT2D eigenvalue weighted by molar-refractivity contribution is 5.87. The van der Waals surface area contributed by atoms with Gasteiger partial charge in [-0.2, -0.15) is 18.2 Å². The van der Waals surface area contributed by atoms with Gasteiger partial charge in [-0.15, -0.1) is 0 Å². The van der Waals surface area contributed by atoms with Crippen molar-refractivity contribution in [2.75, 3.05) is 0 Å². The number of rotatable bonds is 1. The standard InChI is InChI=1S/C4H2F3N3O2/c5-4(6,7)3-9-2(1(8)11)12-10-3/h(H2,8,11). The predicted octanol–water partition coefficient (Wildman–Crippen LogP) is 0.187. The van der Waals surface area contributed by atoms with Crippen LogP contribution in [-0.4, -0.2) is 16.0 Å². The van der Waals surface area contributed by atoms with Crippen LogP contribution in [0.2, 0.25) is 0 Å². The summed E-state index contributed by atoms with van der Waals surface area (Å²) >= 11 is 0. The average molecular weight is 181 g/mol. The number of hydrogen-bond acceptors (Lipinski definition) is 4. The van der Waals surface area contributed by atoms with Crippen molar-refractivity contribution in [1.82, 2.24) is 10.1 Å². The van der Waals surface area contributed by atoms with Gasteiger partial charge < -0.3 is 10.3 Å². The Morgan fingerprint density at radius 3 is 2.33 bits per heavy atom. The van der Waals surface area contributed by atoms with Crippen molar-refractivity contribution in [2.24, 2.45) is 5.73 Å². The summed E-state index contributed by atoms with van der Waals surface area (Å²) in [6.07, 6.45) is -4.73. The Labute approximate surface area is 63.3 Å². The van der Waals surface area contributed by atoms with E-state index in [-0.39, 0.29) is 0 Å². The highest BCUT2D eigenvalue weighted by Gasteiger charge is 2.37. The molecule has 0 aliphatic heterocycles. The third-order valence-corrected chi connectivity index (χ3v) is 0.890. The average Bonchev–Trinajstić information content (AvgIpc) is 2.30. The minimum atomic E-state index is -4.73. The van der Waals surface area contributed by atoms with E-state index in [0.29, 0.717) is 0 Å². The van der Waals surface area contributed by atoms with Crippen LogP contribution >= 0.6 is 0 Å². The fourth-order valence-electron chi connectivity index (χ4n) is 0.439. The van der Waals surface area contributed by atoms with E-state index in [1.165, 1.54) is 0 Å². The van der Waals surface area contributed by atoms with Crippen LogP contribution in [0.1, 0.15) is 16.5 Å². The van der Waals surface area contributed by atoms with Crippen molar-refractivity contribution >= 4 is 5.91 Å². The molecule has 8 heteroatoms. The summed E-state index contributed by atoms with van der Waals surface area (Å²) in [5.41, 5.74) is 4.57. The largest absolute Gasteiger partial charge is 0.455 e. The SMILES string of the molecule is NC(=O)c1nc(C(F)(F)F)no1. The normalized spacial score (nSPS) is 11.6. The summed E-state index contributed by atoms with van der Waals surface area (Å²) in [4.78, 5) is 12.9. The van der Waals surface area contributed by atoms with Crippen LogP contribution in [0.15, 0.2) is 4.52 Å². The van der Waals surface area contributed by atoms with Gasteiger partial charge in [0.05, 0.1) is 0 Å². The number of amides is 1. The van der Waals surface area contributed by atoms with E-state index in [2.05, 4.69) is 20.4 Å². The topological polar surface area (TPSA) is 82.0 Å². The van der Waals surface area contributed by atoms with Crippen molar-refractivity contribution in [3.8, 4) is 0 Å². The molecule has 2 N–H and O–H groups in total. The molecule has 1 rings (SSSR count). The van der Waals surface area contributed by atoms with Gasteiger partial charge in [-0.05, 0) is 0 Å². The lowest BCUT2D eigenvalue weighted by molar-refractivity contribution is -0.146. The van der Waals surface area contributed by atoms with Crippen molar-refractivity contribution in [3.05, 3.63) is 11.7 Å². The van der Waals surface area contributed by atoms with Crippen LogP contribution in [0.25, 0.3) is 0 Å². The molecule has 0 unspecified atom stereocenters. The van der Waals surface area contributed by atoms with E-state index in [1.807, 2.05) is 0 Å². The molecule has 0 spiro atoms. The minimum Gasteiger partial charge on any atom is -0.361 e. The molecule has 1 heterocycles. The lowest BCUT2D eigenvalue weighted by Gasteiger charge is -1.95. The predicted molar refractivity (Wildman–Crippen MR) is 27.8 cm³/mol. The van der Waals surface area contributed by atoms with Crippen LogP contribution in [0.3, 0.4) is 0 Å². The molecule has 12 heavy (non-hydrogen) atoms. The second-order valence-corrected chi connectivity index (χ2v) is 1.79. The number of aromatic nitrogens is 2. The maximum absolute atomic E-state index is 11.7. The number of carbonyl (C=O) groups is 1. The maximum atomic E-state index is 11.7. The highest BCUT2D eigenvalue weighted by atomic mass is 19.4. The molecule has 1 aromatic heterocycles. The van der Waals surface area contributed by atoms with E-state index in [9.17, 15) is 18.0 Å². The van der Waals surface area contributed by atoms with Crippen molar-refractivity contribution in [3.63, 3.8) is 0 Å². The lowest BCUT2D eigenvalue weighted by atomic mass is 10.6. The van der Waals surface area contributed by atoms with E-state index in [4.69, 9.17) is 0 Å². The highest BCUT2D eigenvalue weighted by Crippen LogP contribution is 2.25. The Bertz CT molecular complexity index is 305. The van der Waals surface area contributed by atoms with Crippen LogP contribution in [0.5, 0.6) is 0 Å². The molecule has 1 aromatic rings. The molecule has 0 aromatic carbocycles. The molecule has 5 nitrogen and oxygen atoms in total. The number of halogens is 3. The van der Waals surface area contributed by atoms with Gasteiger partial charge in [0, 0.05) is 0 Å². The summed E-state index contributed by atoms with van der Waals surface area (Å²) < 4.78 is 39.1. The summed E-state index contributed by atoms with van der Waals surface area (Å²) in [6.45, 7) is 0. The molecular weight excluding hydrogens is 179 g/mol. The zero-order valence-corrected chi connectivity index (χ0v) is 5.42. The van der Waals surface area contributed by atoms with E-state index >= 15 is 0 Å². The van der Waals surface area contributed by atoms with Crippen LogP contribution in [0.4, 0.5) is 13.2 Å². The van der Waals surface area contributed by atoms with Crippen molar-refractivity contribution in [2.45, 2.75) is 6.18 Å². The minimum absolute atomic E-state index is 0.859. The van der Waals surface area contributed by atoms with Gasteiger partial charge in [0.2, 0.25) is 0 Å². The maximum Gasteiger partial charge on any atom is 0.455 e. The van der Waals surface area contributed by atoms with Crippen LogP contribution in [0, 0.1) is 0 Å². The Hall–Kier alpha value is -1.60. The van der Waals surface area contributed by atoms with Gasteiger partial charge in [-0.25, -0.2) is 0 Å². The smallest absolute Gasteiger partial charge is 0.361 e. The summed E-state index contributed by atoms with van der Waals surface area (Å²) in [5.74, 6) is -3.57. The Balaban J connectivity index is 3.00. The molecule has 0 saturated carbocycles. The second kappa shape index (κ2) is 2.47. The van der Waals surface area contributed by atoms with E-state index in [0.717, 1.165) is 0 Å². The molecule has 1 amide bonds. The Morgan fingerprint density at radius 2 is 2.08 bits per heavy atom. The van der Waals surface area contributed by atoms with Crippen LogP contribution in [-0.2, 0) is 6.18 Å². The molecule has 0 radical (unpaired) electrons. The van der Waals surface area contributed by atoms with Gasteiger partial charge in [-0.3, -0.25) is 4.79 Å². The molecule has 0 bridgehead atoms. The third kappa shape index (κ3) is 1.52. The summed E-state index contributed by atoms with van der Waals surface area (Å²) in [7, 11) is 0. The first-order valence-electron chi connectivity index (χ1n) is 2.62. The summed E-state index contributed by atoms with van der Waals surface area (Å²) in [5, 5.41) is 2.50. The first kappa shape index (κ1) is 8.50. The number of hydrogen-bond donors (Lipinski definition) is 1. The zero-order valence-electron chi connectivity index (χ0n) is 5.42. The molecule has 0 aliphatic carbocycles. The first-order chi connectivity index (χ1) is 5.41. The number of nitrogens with zero attached hydrogens (tertiary/aromatic N) is 2. The van der Waals surface area contributed by atoms with Gasteiger partial charge >= 0.3 is 18.0 Å². The van der Waals surface area contributed by atoms with Crippen molar-refractivity contribution < 1.29 is 22.5 Å². The zero-order chi connectivity index (χ0) is 9.35. The van der Waals surface area contributed by atoms with Gasteiger partial charge in [0.15, 0.2) is 0 Å². The fourth-order valence-corrected chi connectivity index (χ4v) is 0.439. The molecule has 0 aliphatic rings. The monoisotopic (exact) mass is 181 g/mol. The lowest BCUT2D eigenvalue weighted by Crippen LogP contribution is -2.13. The third-order valence-electron chi connectivity index (χ3n) is 0.890. The molecule has 0 atom stereocenters. The molecule has 0 fully saturated rings. The van der Waals surface area contributed by atoms with Gasteiger partial charge in [-0.1, -0.05) is 5.16 Å². The van der Waals surface area contributed by atoms with E-state index in [1.54, 1.807) is 0 Å². The number of primary amides is 1. The van der Waals surface area contributed by atoms with Gasteiger partial charge in [0.25, 0.3) is 5.82 Å². The second-order valence-electron chi connectivity index (χ2n) is 1.79. The number of carbonyl (C=O) groups excluding carboxylic acids is 1. The number of nitrogens with two attached hydrogens (primary N) is 1. The van der Waals surface area contributed by atoms with Crippen LogP contribution < -0.4 is 5.73 Å². The molecule has 0 saturated heterocycles.